The second-order valence-electron chi connectivity index (χ2n) is 3.43. The van der Waals surface area contributed by atoms with Crippen molar-refractivity contribution in [2.24, 2.45) is 0 Å². The van der Waals surface area contributed by atoms with Crippen molar-refractivity contribution in [3.63, 3.8) is 0 Å². The summed E-state index contributed by atoms with van der Waals surface area (Å²) in [4.78, 5) is 0. The van der Waals surface area contributed by atoms with Gasteiger partial charge in [0.05, 0.1) is 12.3 Å². The van der Waals surface area contributed by atoms with Crippen LogP contribution in [0, 0.1) is 0 Å². The average Bonchev–Trinajstić information content (AvgIpc) is 2.72. The Bertz CT molecular complexity index is 568. The molecule has 0 aliphatic carbocycles. The number of hydrogen-bond donors (Lipinski definition) is 1. The van der Waals surface area contributed by atoms with Gasteiger partial charge in [0, 0.05) is 5.02 Å². The lowest BCUT2D eigenvalue weighted by Gasteiger charge is -2.10. The number of rotatable bonds is 2. The Hall–Kier alpha value is -1.60. The normalized spacial score (nSPS) is 11.8. The molecule has 0 saturated heterocycles. The van der Waals surface area contributed by atoms with Crippen molar-refractivity contribution >= 4 is 11.6 Å². The van der Waals surface area contributed by atoms with Gasteiger partial charge in [-0.2, -0.15) is 13.2 Å². The van der Waals surface area contributed by atoms with Crippen molar-refractivity contribution < 1.29 is 18.3 Å². The molecule has 2 rings (SSSR count). The van der Waals surface area contributed by atoms with Crippen LogP contribution in [0.1, 0.15) is 11.4 Å². The molecular formula is C10H7ClF3N3O. The fourth-order valence-electron chi connectivity index (χ4n) is 1.49. The van der Waals surface area contributed by atoms with E-state index in [1.165, 1.54) is 24.3 Å². The van der Waals surface area contributed by atoms with Gasteiger partial charge in [-0.1, -0.05) is 22.9 Å². The first-order valence-corrected chi connectivity index (χ1v) is 5.20. The highest BCUT2D eigenvalue weighted by Gasteiger charge is 2.39. The summed E-state index contributed by atoms with van der Waals surface area (Å²) in [6.45, 7) is -0.838. The van der Waals surface area contributed by atoms with Crippen LogP contribution < -0.4 is 0 Å². The van der Waals surface area contributed by atoms with Crippen molar-refractivity contribution in [2.75, 3.05) is 0 Å². The second kappa shape index (κ2) is 4.58. The number of aromatic nitrogens is 3. The van der Waals surface area contributed by atoms with Crippen LogP contribution in [0.4, 0.5) is 13.2 Å². The Labute approximate surface area is 105 Å². The minimum absolute atomic E-state index is 0.127. The molecule has 1 aromatic heterocycles. The van der Waals surface area contributed by atoms with Gasteiger partial charge in [0.2, 0.25) is 0 Å². The molecule has 18 heavy (non-hydrogen) atoms. The zero-order valence-electron chi connectivity index (χ0n) is 8.82. The third-order valence-corrected chi connectivity index (χ3v) is 2.45. The molecule has 4 nitrogen and oxygen atoms in total. The maximum atomic E-state index is 12.9. The smallest absolute Gasteiger partial charge is 0.390 e. The maximum absolute atomic E-state index is 12.9. The van der Waals surface area contributed by atoms with E-state index in [4.69, 9.17) is 16.7 Å². The average molecular weight is 278 g/mol. The van der Waals surface area contributed by atoms with Gasteiger partial charge < -0.3 is 5.11 Å². The molecule has 8 heteroatoms. The molecule has 0 atom stereocenters. The van der Waals surface area contributed by atoms with Gasteiger partial charge in [0.1, 0.15) is 5.69 Å². The molecule has 0 spiro atoms. The van der Waals surface area contributed by atoms with Crippen LogP contribution in [0.3, 0.4) is 0 Å². The van der Waals surface area contributed by atoms with Crippen LogP contribution in [0.2, 0.25) is 5.02 Å². The number of alkyl halides is 3. The largest absolute Gasteiger partial charge is 0.435 e. The third kappa shape index (κ3) is 2.32. The zero-order valence-corrected chi connectivity index (χ0v) is 9.57. The fourth-order valence-corrected chi connectivity index (χ4v) is 1.68. The van der Waals surface area contributed by atoms with Crippen LogP contribution in [0.25, 0.3) is 5.69 Å². The fraction of sp³-hybridized carbons (Fsp3) is 0.200. The lowest BCUT2D eigenvalue weighted by Crippen LogP contribution is -2.15. The standard InChI is InChI=1S/C10H7ClF3N3O/c11-6-2-1-3-7(4-6)17-9(10(12,13)14)8(5-18)15-16-17/h1-4,18H,5H2. The Morgan fingerprint density at radius 3 is 2.61 bits per heavy atom. The van der Waals surface area contributed by atoms with E-state index in [1.807, 2.05) is 0 Å². The molecule has 0 amide bonds. The van der Waals surface area contributed by atoms with E-state index in [0.29, 0.717) is 4.68 Å². The van der Waals surface area contributed by atoms with Gasteiger partial charge in [0.25, 0.3) is 0 Å². The topological polar surface area (TPSA) is 50.9 Å². The lowest BCUT2D eigenvalue weighted by molar-refractivity contribution is -0.143. The van der Waals surface area contributed by atoms with Gasteiger partial charge in [0.15, 0.2) is 5.69 Å². The van der Waals surface area contributed by atoms with E-state index in [1.54, 1.807) is 0 Å². The predicted molar refractivity (Wildman–Crippen MR) is 57.3 cm³/mol. The van der Waals surface area contributed by atoms with Crippen molar-refractivity contribution in [1.82, 2.24) is 15.0 Å². The maximum Gasteiger partial charge on any atom is 0.435 e. The zero-order chi connectivity index (χ0) is 13.3. The molecule has 0 aliphatic heterocycles. The summed E-state index contributed by atoms with van der Waals surface area (Å²) >= 11 is 5.71. The van der Waals surface area contributed by atoms with E-state index in [-0.39, 0.29) is 10.7 Å². The molecular weight excluding hydrogens is 271 g/mol. The van der Waals surface area contributed by atoms with E-state index in [2.05, 4.69) is 10.3 Å². The Morgan fingerprint density at radius 2 is 2.06 bits per heavy atom. The van der Waals surface area contributed by atoms with E-state index in [9.17, 15) is 13.2 Å². The monoisotopic (exact) mass is 277 g/mol. The number of aliphatic hydroxyl groups is 1. The van der Waals surface area contributed by atoms with Gasteiger partial charge in [-0.05, 0) is 18.2 Å². The Balaban J connectivity index is 2.62. The Kier molecular flexibility index (Phi) is 3.27. The van der Waals surface area contributed by atoms with Gasteiger partial charge >= 0.3 is 6.18 Å². The SMILES string of the molecule is OCc1nnn(-c2cccc(Cl)c2)c1C(F)(F)F. The third-order valence-electron chi connectivity index (χ3n) is 2.21. The van der Waals surface area contributed by atoms with Crippen molar-refractivity contribution in [3.8, 4) is 5.69 Å². The minimum atomic E-state index is -4.66. The number of halogens is 4. The summed E-state index contributed by atoms with van der Waals surface area (Å²) in [6, 6.07) is 5.77. The second-order valence-corrected chi connectivity index (χ2v) is 3.87. The molecule has 0 saturated carbocycles. The highest BCUT2D eigenvalue weighted by molar-refractivity contribution is 6.30. The van der Waals surface area contributed by atoms with Crippen molar-refractivity contribution in [3.05, 3.63) is 40.7 Å². The van der Waals surface area contributed by atoms with Gasteiger partial charge in [-0.25, -0.2) is 4.68 Å². The predicted octanol–water partition coefficient (Wildman–Crippen LogP) is 2.43. The lowest BCUT2D eigenvalue weighted by atomic mass is 10.2. The van der Waals surface area contributed by atoms with Crippen LogP contribution in [0.15, 0.2) is 24.3 Å². The van der Waals surface area contributed by atoms with E-state index in [0.717, 1.165) is 0 Å². The van der Waals surface area contributed by atoms with Crippen LogP contribution in [-0.2, 0) is 12.8 Å². The van der Waals surface area contributed by atoms with Crippen molar-refractivity contribution in [2.45, 2.75) is 12.8 Å². The number of hydrogen-bond acceptors (Lipinski definition) is 3. The van der Waals surface area contributed by atoms with Crippen molar-refractivity contribution in [1.29, 1.82) is 0 Å². The summed E-state index contributed by atoms with van der Waals surface area (Å²) in [6.07, 6.45) is -4.66. The molecule has 0 bridgehead atoms. The summed E-state index contributed by atoms with van der Waals surface area (Å²) in [5, 5.41) is 15.8. The quantitative estimate of drug-likeness (QED) is 0.917. The number of benzene rings is 1. The van der Waals surface area contributed by atoms with Crippen LogP contribution in [-0.4, -0.2) is 20.1 Å². The summed E-state index contributed by atoms with van der Waals surface area (Å²) in [5.41, 5.74) is -1.50. The summed E-state index contributed by atoms with van der Waals surface area (Å²) < 4.78 is 39.2. The molecule has 0 fully saturated rings. The Morgan fingerprint density at radius 1 is 1.33 bits per heavy atom. The summed E-state index contributed by atoms with van der Waals surface area (Å²) in [5.74, 6) is 0. The van der Waals surface area contributed by atoms with Gasteiger partial charge in [-0.15, -0.1) is 5.10 Å². The van der Waals surface area contributed by atoms with Gasteiger partial charge in [-0.3, -0.25) is 0 Å². The number of nitrogens with zero attached hydrogens (tertiary/aromatic N) is 3. The highest BCUT2D eigenvalue weighted by atomic mass is 35.5. The highest BCUT2D eigenvalue weighted by Crippen LogP contribution is 2.32. The first-order valence-electron chi connectivity index (χ1n) is 4.82. The molecule has 1 N–H and O–H groups in total. The minimum Gasteiger partial charge on any atom is -0.390 e. The molecule has 0 unspecified atom stereocenters. The molecule has 1 heterocycles. The first-order chi connectivity index (χ1) is 8.43. The van der Waals surface area contributed by atoms with E-state index >= 15 is 0 Å². The molecule has 2 aromatic rings. The molecule has 1 aromatic carbocycles. The number of aliphatic hydroxyl groups excluding tert-OH is 1. The molecule has 0 aliphatic rings. The van der Waals surface area contributed by atoms with E-state index < -0.39 is 24.2 Å². The van der Waals surface area contributed by atoms with Crippen LogP contribution >= 0.6 is 11.6 Å². The molecule has 0 radical (unpaired) electrons. The van der Waals surface area contributed by atoms with Crippen LogP contribution in [0.5, 0.6) is 0 Å². The first kappa shape index (κ1) is 12.8. The molecule has 96 valence electrons. The summed E-state index contributed by atoms with van der Waals surface area (Å²) in [7, 11) is 0.